The van der Waals surface area contributed by atoms with E-state index in [-0.39, 0.29) is 11.9 Å². The van der Waals surface area contributed by atoms with Crippen LogP contribution >= 0.6 is 0 Å². The number of hydrogen-bond donors (Lipinski definition) is 1. The van der Waals surface area contributed by atoms with Gasteiger partial charge in [-0.15, -0.1) is 5.10 Å². The monoisotopic (exact) mass is 343 g/mol. The molecular formula is C18H22FN5O. The van der Waals surface area contributed by atoms with Gasteiger partial charge in [0.25, 0.3) is 0 Å². The zero-order valence-electron chi connectivity index (χ0n) is 14.5. The smallest absolute Gasteiger partial charge is 0.127 e. The second-order valence-electron chi connectivity index (χ2n) is 6.94. The van der Waals surface area contributed by atoms with Gasteiger partial charge in [-0.2, -0.15) is 5.26 Å². The molecule has 1 N–H and O–H groups in total. The summed E-state index contributed by atoms with van der Waals surface area (Å²) in [5, 5.41) is 28.3. The first-order valence-electron chi connectivity index (χ1n) is 8.47. The number of benzene rings is 1. The third-order valence-corrected chi connectivity index (χ3v) is 4.63. The maximum atomic E-state index is 14.0. The molecule has 0 saturated carbocycles. The molecule has 1 saturated heterocycles. The van der Waals surface area contributed by atoms with Gasteiger partial charge in [0.2, 0.25) is 0 Å². The Morgan fingerprint density at radius 2 is 2.24 bits per heavy atom. The number of halogens is 1. The van der Waals surface area contributed by atoms with Crippen LogP contribution in [0.4, 0.5) is 4.39 Å². The standard InChI is InChI=1S/C18H22FN5O/c1-13(2)24-11-17(21-22-24)18(25)6-3-7-23(12-18)10-15-8-14(9-20)4-5-16(15)19/h4-5,8,11,13,25H,3,6-7,10,12H2,1-2H3. The van der Waals surface area contributed by atoms with Gasteiger partial charge in [0.15, 0.2) is 0 Å². The summed E-state index contributed by atoms with van der Waals surface area (Å²) in [6.45, 7) is 5.47. The second-order valence-corrected chi connectivity index (χ2v) is 6.94. The van der Waals surface area contributed by atoms with E-state index in [0.717, 1.165) is 13.0 Å². The van der Waals surface area contributed by atoms with Crippen LogP contribution in [-0.2, 0) is 12.1 Å². The third kappa shape index (κ3) is 3.70. The van der Waals surface area contributed by atoms with Gasteiger partial charge in [0.1, 0.15) is 17.1 Å². The van der Waals surface area contributed by atoms with Crippen LogP contribution in [0.3, 0.4) is 0 Å². The van der Waals surface area contributed by atoms with Gasteiger partial charge in [-0.05, 0) is 51.4 Å². The van der Waals surface area contributed by atoms with E-state index >= 15 is 0 Å². The Labute approximate surface area is 146 Å². The number of nitriles is 1. The molecule has 2 heterocycles. The molecule has 0 aliphatic carbocycles. The number of likely N-dealkylation sites (tertiary alicyclic amines) is 1. The minimum absolute atomic E-state index is 0.173. The molecule has 1 aromatic heterocycles. The van der Waals surface area contributed by atoms with Crippen molar-refractivity contribution in [2.24, 2.45) is 0 Å². The van der Waals surface area contributed by atoms with Crippen molar-refractivity contribution < 1.29 is 9.50 Å². The van der Waals surface area contributed by atoms with Crippen LogP contribution in [0.1, 0.15) is 49.6 Å². The molecule has 0 bridgehead atoms. The highest BCUT2D eigenvalue weighted by molar-refractivity contribution is 5.33. The van der Waals surface area contributed by atoms with Gasteiger partial charge in [0.05, 0.1) is 17.8 Å². The highest BCUT2D eigenvalue weighted by atomic mass is 19.1. The molecule has 0 radical (unpaired) electrons. The summed E-state index contributed by atoms with van der Waals surface area (Å²) >= 11 is 0. The number of hydrogen-bond acceptors (Lipinski definition) is 5. The van der Waals surface area contributed by atoms with Crippen molar-refractivity contribution in [2.75, 3.05) is 13.1 Å². The lowest BCUT2D eigenvalue weighted by Crippen LogP contribution is -2.46. The molecule has 0 spiro atoms. The van der Waals surface area contributed by atoms with E-state index in [0.29, 0.717) is 36.3 Å². The SMILES string of the molecule is CC(C)n1cc(C2(O)CCCN(Cc3cc(C#N)ccc3F)C2)nn1. The van der Waals surface area contributed by atoms with Crippen molar-refractivity contribution >= 4 is 0 Å². The van der Waals surface area contributed by atoms with Crippen molar-refractivity contribution in [1.82, 2.24) is 19.9 Å². The number of rotatable bonds is 4. The molecule has 1 aromatic carbocycles. The predicted molar refractivity (Wildman–Crippen MR) is 89.9 cm³/mol. The van der Waals surface area contributed by atoms with Crippen LogP contribution in [-0.4, -0.2) is 38.1 Å². The topological polar surface area (TPSA) is 78.0 Å². The summed E-state index contributed by atoms with van der Waals surface area (Å²) in [7, 11) is 0. The van der Waals surface area contributed by atoms with Crippen LogP contribution in [0, 0.1) is 17.1 Å². The minimum atomic E-state index is -1.09. The Bertz CT molecular complexity index is 797. The van der Waals surface area contributed by atoms with Crippen LogP contribution in [0.5, 0.6) is 0 Å². The van der Waals surface area contributed by atoms with Crippen molar-refractivity contribution in [2.45, 2.75) is 44.9 Å². The quantitative estimate of drug-likeness (QED) is 0.922. The van der Waals surface area contributed by atoms with Gasteiger partial charge in [-0.25, -0.2) is 9.07 Å². The second kappa shape index (κ2) is 6.90. The lowest BCUT2D eigenvalue weighted by molar-refractivity contribution is -0.0417. The van der Waals surface area contributed by atoms with E-state index in [1.807, 2.05) is 24.8 Å². The van der Waals surface area contributed by atoms with E-state index in [4.69, 9.17) is 5.26 Å². The highest BCUT2D eigenvalue weighted by Gasteiger charge is 2.37. The van der Waals surface area contributed by atoms with E-state index in [2.05, 4.69) is 10.3 Å². The maximum absolute atomic E-state index is 14.0. The molecule has 132 valence electrons. The van der Waals surface area contributed by atoms with Crippen molar-refractivity contribution in [3.05, 3.63) is 47.0 Å². The summed E-state index contributed by atoms with van der Waals surface area (Å²) in [6.07, 6.45) is 3.16. The van der Waals surface area contributed by atoms with Gasteiger partial charge >= 0.3 is 0 Å². The van der Waals surface area contributed by atoms with E-state index in [9.17, 15) is 9.50 Å². The molecule has 7 heteroatoms. The van der Waals surface area contributed by atoms with Crippen molar-refractivity contribution in [3.8, 4) is 6.07 Å². The first-order valence-corrected chi connectivity index (χ1v) is 8.47. The van der Waals surface area contributed by atoms with Gasteiger partial charge in [0, 0.05) is 24.7 Å². The van der Waals surface area contributed by atoms with Gasteiger partial charge in [-0.1, -0.05) is 5.21 Å². The number of β-amino-alcohol motifs (C(OH)–C–C–N with tert-alkyl or cyclic N) is 1. The third-order valence-electron chi connectivity index (χ3n) is 4.63. The summed E-state index contributed by atoms with van der Waals surface area (Å²) < 4.78 is 15.8. The largest absolute Gasteiger partial charge is 0.382 e. The number of aromatic nitrogens is 3. The molecule has 3 rings (SSSR count). The average molecular weight is 343 g/mol. The first-order chi connectivity index (χ1) is 11.9. The fourth-order valence-electron chi connectivity index (χ4n) is 3.22. The Morgan fingerprint density at radius 1 is 1.44 bits per heavy atom. The molecule has 1 aliphatic rings. The molecule has 1 fully saturated rings. The number of nitrogens with zero attached hydrogens (tertiary/aromatic N) is 5. The maximum Gasteiger partial charge on any atom is 0.127 e. The normalized spacial score (nSPS) is 21.4. The first kappa shape index (κ1) is 17.5. The van der Waals surface area contributed by atoms with Crippen LogP contribution < -0.4 is 0 Å². The predicted octanol–water partition coefficient (Wildman–Crippen LogP) is 2.35. The molecule has 1 atom stereocenters. The summed E-state index contributed by atoms with van der Waals surface area (Å²) in [5.74, 6) is -0.334. The molecule has 1 unspecified atom stereocenters. The Balaban J connectivity index is 1.77. The van der Waals surface area contributed by atoms with Gasteiger partial charge in [-0.3, -0.25) is 4.90 Å². The Hall–Kier alpha value is -2.30. The fraction of sp³-hybridized carbons (Fsp3) is 0.500. The molecule has 0 amide bonds. The minimum Gasteiger partial charge on any atom is -0.382 e. The summed E-state index contributed by atoms with van der Waals surface area (Å²) in [6, 6.07) is 6.56. The highest BCUT2D eigenvalue weighted by Crippen LogP contribution is 2.31. The van der Waals surface area contributed by atoms with Crippen LogP contribution in [0.15, 0.2) is 24.4 Å². The lowest BCUT2D eigenvalue weighted by atomic mass is 9.89. The summed E-state index contributed by atoms with van der Waals surface area (Å²) in [4.78, 5) is 2.00. The molecule has 2 aromatic rings. The molecular weight excluding hydrogens is 321 g/mol. The number of aliphatic hydroxyl groups is 1. The molecule has 6 nitrogen and oxygen atoms in total. The van der Waals surface area contributed by atoms with E-state index in [1.54, 1.807) is 16.9 Å². The van der Waals surface area contributed by atoms with Gasteiger partial charge < -0.3 is 5.11 Å². The van der Waals surface area contributed by atoms with Crippen LogP contribution in [0.2, 0.25) is 0 Å². The molecule has 1 aliphatic heterocycles. The number of piperidine rings is 1. The van der Waals surface area contributed by atoms with E-state index in [1.165, 1.54) is 12.1 Å². The Morgan fingerprint density at radius 3 is 2.92 bits per heavy atom. The fourth-order valence-corrected chi connectivity index (χ4v) is 3.22. The van der Waals surface area contributed by atoms with Crippen molar-refractivity contribution in [1.29, 1.82) is 5.26 Å². The zero-order valence-corrected chi connectivity index (χ0v) is 14.5. The van der Waals surface area contributed by atoms with Crippen LogP contribution in [0.25, 0.3) is 0 Å². The van der Waals surface area contributed by atoms with Crippen molar-refractivity contribution in [3.63, 3.8) is 0 Å². The zero-order chi connectivity index (χ0) is 18.0. The molecule has 25 heavy (non-hydrogen) atoms. The summed E-state index contributed by atoms with van der Waals surface area (Å²) in [5.41, 5.74) is 0.365. The lowest BCUT2D eigenvalue weighted by Gasteiger charge is -2.38. The van der Waals surface area contributed by atoms with E-state index < -0.39 is 5.60 Å². The Kier molecular flexibility index (Phi) is 4.84. The average Bonchev–Trinajstić information content (AvgIpc) is 3.08.